The van der Waals surface area contributed by atoms with Crippen LogP contribution in [0.4, 0.5) is 0 Å². The van der Waals surface area contributed by atoms with Gasteiger partial charge in [-0.05, 0) is 48.2 Å². The molecule has 0 saturated carbocycles. The molecule has 1 heterocycles. The van der Waals surface area contributed by atoms with E-state index in [2.05, 4.69) is 0 Å². The number of hydrogen-bond acceptors (Lipinski definition) is 12. The van der Waals surface area contributed by atoms with Gasteiger partial charge in [0.25, 0.3) is 0 Å². The highest BCUT2D eigenvalue weighted by Crippen LogP contribution is 2.36. The number of methoxy groups -OCH3 is 2. The molecule has 2 aromatic rings. The van der Waals surface area contributed by atoms with E-state index in [1.807, 2.05) is 6.07 Å². The van der Waals surface area contributed by atoms with E-state index in [1.54, 1.807) is 12.1 Å². The number of rotatable bonds is 13. The first-order valence-electron chi connectivity index (χ1n) is 12.2. The summed E-state index contributed by atoms with van der Waals surface area (Å²) in [5.41, 5.74) is 1.25. The largest absolute Gasteiger partial charge is 0.493 e. The summed E-state index contributed by atoms with van der Waals surface area (Å²) in [4.78, 5) is 0. The average Bonchev–Trinajstić information content (AvgIpc) is 2.94. The molecule has 7 atom stereocenters. The Bertz CT molecular complexity index is 1020. The highest BCUT2D eigenvalue weighted by molar-refractivity contribution is 5.45. The highest BCUT2D eigenvalue weighted by atomic mass is 16.7. The fourth-order valence-electron chi connectivity index (χ4n) is 4.08. The Morgan fingerprint density at radius 2 is 1.53 bits per heavy atom. The maximum atomic E-state index is 11.0. The standard InChI is InChI=1S/C26H36O12/c1-34-18-10-14(4-3-9-27)5-7-16(18)36-20(12-28)22(30)15-6-8-17(19(11-15)35-2)37-26-25(33)24(32)23(31)21(13-29)38-26/h5-8,10-11,20-33H,3-4,9,12-13H2,1-2H3/t20-,21-,22-,23-,24+,25-,26-/m1/s1. The molecule has 0 unspecified atom stereocenters. The van der Waals surface area contributed by atoms with Gasteiger partial charge in [0.05, 0.1) is 27.4 Å². The van der Waals surface area contributed by atoms with Crippen molar-refractivity contribution in [2.75, 3.05) is 34.0 Å². The van der Waals surface area contributed by atoms with Crippen LogP contribution in [-0.2, 0) is 11.2 Å². The first-order valence-corrected chi connectivity index (χ1v) is 12.2. The third-order valence-electron chi connectivity index (χ3n) is 6.28. The molecule has 1 saturated heterocycles. The zero-order valence-electron chi connectivity index (χ0n) is 21.2. The van der Waals surface area contributed by atoms with Gasteiger partial charge in [-0.15, -0.1) is 0 Å². The predicted octanol–water partition coefficient (Wildman–Crippen LogP) is -0.719. The van der Waals surface area contributed by atoms with Crippen molar-refractivity contribution < 1.29 is 59.4 Å². The van der Waals surface area contributed by atoms with Crippen molar-refractivity contribution in [3.05, 3.63) is 47.5 Å². The van der Waals surface area contributed by atoms with E-state index >= 15 is 0 Å². The van der Waals surface area contributed by atoms with Crippen molar-refractivity contribution in [2.24, 2.45) is 0 Å². The SMILES string of the molecule is COc1cc([C@@H](O)[C@@H](CO)Oc2ccc(CCCO)cc2OC)ccc1O[C@@H]1O[C@H](CO)[C@@H](O)[C@H](O)[C@H]1O. The van der Waals surface area contributed by atoms with Crippen LogP contribution in [0, 0.1) is 0 Å². The number of ether oxygens (including phenoxy) is 5. The van der Waals surface area contributed by atoms with Crippen molar-refractivity contribution in [1.29, 1.82) is 0 Å². The minimum Gasteiger partial charge on any atom is -0.493 e. The first kappa shape index (κ1) is 29.9. The van der Waals surface area contributed by atoms with Crippen LogP contribution in [0.25, 0.3) is 0 Å². The molecule has 2 aromatic carbocycles. The molecule has 1 fully saturated rings. The second-order valence-corrected chi connectivity index (χ2v) is 8.82. The Morgan fingerprint density at radius 1 is 0.842 bits per heavy atom. The minimum absolute atomic E-state index is 0.0646. The van der Waals surface area contributed by atoms with Crippen molar-refractivity contribution >= 4 is 0 Å². The normalized spacial score (nSPS) is 24.9. The summed E-state index contributed by atoms with van der Waals surface area (Å²) < 4.78 is 27.6. The van der Waals surface area contributed by atoms with Gasteiger partial charge in [0.1, 0.15) is 30.5 Å². The van der Waals surface area contributed by atoms with Crippen molar-refractivity contribution in [3.63, 3.8) is 0 Å². The molecule has 12 nitrogen and oxygen atoms in total. The van der Waals surface area contributed by atoms with Crippen LogP contribution in [0.5, 0.6) is 23.0 Å². The van der Waals surface area contributed by atoms with Crippen molar-refractivity contribution in [1.82, 2.24) is 0 Å². The van der Waals surface area contributed by atoms with Gasteiger partial charge in [-0.2, -0.15) is 0 Å². The maximum Gasteiger partial charge on any atom is 0.229 e. The molecular formula is C26H36O12. The van der Waals surface area contributed by atoms with E-state index in [0.29, 0.717) is 29.9 Å². The van der Waals surface area contributed by atoms with E-state index in [-0.39, 0.29) is 18.1 Å². The summed E-state index contributed by atoms with van der Waals surface area (Å²) in [6, 6.07) is 9.62. The number of hydrogen-bond donors (Lipinski definition) is 7. The average molecular weight is 541 g/mol. The third kappa shape index (κ3) is 6.84. The lowest BCUT2D eigenvalue weighted by molar-refractivity contribution is -0.277. The summed E-state index contributed by atoms with van der Waals surface area (Å²) >= 11 is 0. The molecule has 38 heavy (non-hydrogen) atoms. The van der Waals surface area contributed by atoms with Crippen molar-refractivity contribution in [3.8, 4) is 23.0 Å². The highest BCUT2D eigenvalue weighted by Gasteiger charge is 2.45. The van der Waals surface area contributed by atoms with Gasteiger partial charge in [0, 0.05) is 6.61 Å². The fourth-order valence-corrected chi connectivity index (χ4v) is 4.08. The van der Waals surface area contributed by atoms with E-state index in [4.69, 9.17) is 28.8 Å². The Kier molecular flexibility index (Phi) is 10.9. The lowest BCUT2D eigenvalue weighted by atomic mass is 9.99. The van der Waals surface area contributed by atoms with Gasteiger partial charge < -0.3 is 59.4 Å². The molecule has 0 amide bonds. The number of benzene rings is 2. The van der Waals surface area contributed by atoms with Crippen LogP contribution in [0.1, 0.15) is 23.7 Å². The molecule has 0 aromatic heterocycles. The predicted molar refractivity (Wildman–Crippen MR) is 132 cm³/mol. The maximum absolute atomic E-state index is 11.0. The third-order valence-corrected chi connectivity index (χ3v) is 6.28. The first-order chi connectivity index (χ1) is 18.3. The summed E-state index contributed by atoms with van der Waals surface area (Å²) in [6.07, 6.45) is -8.44. The second-order valence-electron chi connectivity index (χ2n) is 8.82. The Morgan fingerprint density at radius 3 is 2.16 bits per heavy atom. The Hall–Kier alpha value is -2.68. The van der Waals surface area contributed by atoms with Gasteiger partial charge in [0.2, 0.25) is 6.29 Å². The molecule has 7 N–H and O–H groups in total. The van der Waals surface area contributed by atoms with Crippen LogP contribution in [-0.4, -0.2) is 107 Å². The summed E-state index contributed by atoms with van der Waals surface area (Å²) in [7, 11) is 2.83. The molecule has 0 bridgehead atoms. The number of aliphatic hydroxyl groups excluding tert-OH is 7. The Labute approximate surface area is 220 Å². The van der Waals surface area contributed by atoms with E-state index in [9.17, 15) is 30.6 Å². The smallest absolute Gasteiger partial charge is 0.229 e. The van der Waals surface area contributed by atoms with Crippen LogP contribution >= 0.6 is 0 Å². The molecule has 0 radical (unpaired) electrons. The van der Waals surface area contributed by atoms with Gasteiger partial charge in [-0.25, -0.2) is 0 Å². The fraction of sp³-hybridized carbons (Fsp3) is 0.538. The Balaban J connectivity index is 1.76. The van der Waals surface area contributed by atoms with E-state index in [1.165, 1.54) is 32.4 Å². The number of aliphatic hydroxyl groups is 7. The second kappa shape index (κ2) is 13.9. The zero-order valence-corrected chi connectivity index (χ0v) is 21.2. The topological polar surface area (TPSA) is 188 Å². The van der Waals surface area contributed by atoms with Crippen molar-refractivity contribution in [2.45, 2.75) is 55.8 Å². The molecular weight excluding hydrogens is 504 g/mol. The van der Waals surface area contributed by atoms with Crippen LogP contribution in [0.15, 0.2) is 36.4 Å². The van der Waals surface area contributed by atoms with Gasteiger partial charge in [0.15, 0.2) is 29.1 Å². The zero-order chi connectivity index (χ0) is 27.8. The lowest BCUT2D eigenvalue weighted by Gasteiger charge is -2.39. The summed E-state index contributed by atoms with van der Waals surface area (Å²) in [5, 5.41) is 69.5. The van der Waals surface area contributed by atoms with Gasteiger partial charge in [-0.3, -0.25) is 0 Å². The molecule has 0 aliphatic carbocycles. The van der Waals surface area contributed by atoms with Crippen LogP contribution in [0.3, 0.4) is 0 Å². The quantitative estimate of drug-likeness (QED) is 0.169. The van der Waals surface area contributed by atoms with Gasteiger partial charge >= 0.3 is 0 Å². The van der Waals surface area contributed by atoms with Crippen LogP contribution < -0.4 is 18.9 Å². The van der Waals surface area contributed by atoms with Crippen LogP contribution in [0.2, 0.25) is 0 Å². The molecule has 212 valence electrons. The molecule has 1 aliphatic heterocycles. The molecule has 1 aliphatic rings. The molecule has 0 spiro atoms. The molecule has 12 heteroatoms. The minimum atomic E-state index is -1.61. The van der Waals surface area contributed by atoms with E-state index in [0.717, 1.165) is 5.56 Å². The monoisotopic (exact) mass is 540 g/mol. The van der Waals surface area contributed by atoms with Gasteiger partial charge in [-0.1, -0.05) is 12.1 Å². The van der Waals surface area contributed by atoms with E-state index < -0.39 is 56.1 Å². The lowest BCUT2D eigenvalue weighted by Crippen LogP contribution is -2.60. The molecule has 3 rings (SSSR count). The summed E-state index contributed by atoms with van der Waals surface area (Å²) in [5.74, 6) is 0.954. The summed E-state index contributed by atoms with van der Waals surface area (Å²) in [6.45, 7) is -1.07. The number of aryl methyl sites for hydroxylation is 1.